The van der Waals surface area contributed by atoms with Crippen molar-refractivity contribution in [1.29, 1.82) is 0 Å². The first-order valence-electron chi connectivity index (χ1n) is 10.9. The molecule has 1 unspecified atom stereocenters. The summed E-state index contributed by atoms with van der Waals surface area (Å²) < 4.78 is 1.98. The molecule has 1 aliphatic heterocycles. The predicted molar refractivity (Wildman–Crippen MR) is 130 cm³/mol. The summed E-state index contributed by atoms with van der Waals surface area (Å²) in [4.78, 5) is 28.3. The van der Waals surface area contributed by atoms with Gasteiger partial charge in [-0.05, 0) is 43.2 Å². The molecule has 164 valence electrons. The fraction of sp³-hybridized carbons (Fsp3) is 0.143. The van der Waals surface area contributed by atoms with E-state index in [1.165, 1.54) is 4.90 Å². The Hall–Kier alpha value is -4.12. The maximum absolute atomic E-state index is 13.4. The van der Waals surface area contributed by atoms with Crippen LogP contribution in [0.25, 0.3) is 16.7 Å². The number of carbonyl (C=O) groups excluding carboxylic acids is 2. The van der Waals surface area contributed by atoms with Crippen molar-refractivity contribution in [3.8, 4) is 0 Å². The number of benzene rings is 3. The molecule has 0 bridgehead atoms. The number of aliphatic hydroxyl groups is 1. The normalized spacial score (nSPS) is 17.8. The summed E-state index contributed by atoms with van der Waals surface area (Å²) in [6.07, 6.45) is 1.94. The van der Waals surface area contributed by atoms with Crippen molar-refractivity contribution in [3.63, 3.8) is 0 Å². The molecule has 1 amide bonds. The molecule has 5 rings (SSSR count). The zero-order chi connectivity index (χ0) is 23.3. The zero-order valence-electron chi connectivity index (χ0n) is 18.7. The van der Waals surface area contributed by atoms with Gasteiger partial charge in [0.05, 0.1) is 11.6 Å². The number of aryl methyl sites for hydroxylation is 3. The number of hydrogen-bond acceptors (Lipinski definition) is 3. The van der Waals surface area contributed by atoms with Crippen LogP contribution in [0.4, 0.5) is 5.69 Å². The van der Waals surface area contributed by atoms with Gasteiger partial charge in [-0.2, -0.15) is 0 Å². The number of nitrogens with zero attached hydrogens (tertiary/aromatic N) is 2. The van der Waals surface area contributed by atoms with Crippen LogP contribution in [0.3, 0.4) is 0 Å². The Kier molecular flexibility index (Phi) is 4.90. The molecule has 5 heteroatoms. The second-order valence-corrected chi connectivity index (χ2v) is 8.59. The molecule has 1 saturated heterocycles. The quantitative estimate of drug-likeness (QED) is 0.265. The Morgan fingerprint density at radius 2 is 1.52 bits per heavy atom. The van der Waals surface area contributed by atoms with Gasteiger partial charge in [-0.3, -0.25) is 14.5 Å². The second kappa shape index (κ2) is 7.78. The van der Waals surface area contributed by atoms with E-state index < -0.39 is 17.7 Å². The number of Topliss-reactive ketones (excluding diaryl/α,β-unsaturated/α-hetero) is 1. The van der Waals surface area contributed by atoms with E-state index in [2.05, 4.69) is 0 Å². The molecule has 0 spiro atoms. The van der Waals surface area contributed by atoms with Crippen molar-refractivity contribution in [3.05, 3.63) is 107 Å². The molecule has 1 atom stereocenters. The van der Waals surface area contributed by atoms with E-state index in [0.29, 0.717) is 11.3 Å². The number of anilines is 1. The minimum Gasteiger partial charge on any atom is -0.507 e. The number of para-hydroxylation sites is 1. The highest BCUT2D eigenvalue weighted by molar-refractivity contribution is 6.52. The van der Waals surface area contributed by atoms with E-state index in [0.717, 1.165) is 27.6 Å². The van der Waals surface area contributed by atoms with Gasteiger partial charge in [0.25, 0.3) is 11.7 Å². The average molecular weight is 437 g/mol. The van der Waals surface area contributed by atoms with Crippen molar-refractivity contribution in [2.24, 2.45) is 7.05 Å². The smallest absolute Gasteiger partial charge is 0.300 e. The number of rotatable bonds is 3. The summed E-state index contributed by atoms with van der Waals surface area (Å²) in [5.41, 5.74) is 5.00. The van der Waals surface area contributed by atoms with Crippen molar-refractivity contribution >= 4 is 34.0 Å². The minimum absolute atomic E-state index is 0.0988. The summed E-state index contributed by atoms with van der Waals surface area (Å²) in [5.74, 6) is -1.50. The van der Waals surface area contributed by atoms with Crippen LogP contribution in [0, 0.1) is 13.8 Å². The van der Waals surface area contributed by atoms with Gasteiger partial charge in [-0.15, -0.1) is 0 Å². The molecule has 4 aromatic rings. The van der Waals surface area contributed by atoms with Crippen LogP contribution in [-0.2, 0) is 16.6 Å². The molecule has 1 aromatic heterocycles. The van der Waals surface area contributed by atoms with E-state index in [1.54, 1.807) is 24.3 Å². The lowest BCUT2D eigenvalue weighted by Gasteiger charge is -2.25. The molecule has 5 nitrogen and oxygen atoms in total. The van der Waals surface area contributed by atoms with E-state index in [1.807, 2.05) is 80.2 Å². The zero-order valence-corrected chi connectivity index (χ0v) is 18.7. The first-order chi connectivity index (χ1) is 15.9. The molecular weight excluding hydrogens is 412 g/mol. The Bertz CT molecular complexity index is 1430. The summed E-state index contributed by atoms with van der Waals surface area (Å²) in [5, 5.41) is 12.2. The van der Waals surface area contributed by atoms with Crippen LogP contribution < -0.4 is 4.90 Å². The first-order valence-corrected chi connectivity index (χ1v) is 10.9. The van der Waals surface area contributed by atoms with Gasteiger partial charge in [0.1, 0.15) is 5.76 Å². The Labute approximate surface area is 192 Å². The number of hydrogen-bond donors (Lipinski definition) is 1. The summed E-state index contributed by atoms with van der Waals surface area (Å²) in [7, 11) is 1.94. The van der Waals surface area contributed by atoms with E-state index in [4.69, 9.17) is 0 Å². The highest BCUT2D eigenvalue weighted by Gasteiger charge is 2.47. The molecule has 0 radical (unpaired) electrons. The van der Waals surface area contributed by atoms with Gasteiger partial charge >= 0.3 is 0 Å². The Balaban J connectivity index is 1.83. The lowest BCUT2D eigenvalue weighted by molar-refractivity contribution is -0.132. The van der Waals surface area contributed by atoms with Crippen molar-refractivity contribution in [1.82, 2.24) is 4.57 Å². The minimum atomic E-state index is -0.752. The number of fused-ring (bicyclic) bond motifs is 1. The second-order valence-electron chi connectivity index (χ2n) is 8.59. The van der Waals surface area contributed by atoms with Crippen LogP contribution >= 0.6 is 0 Å². The van der Waals surface area contributed by atoms with E-state index in [9.17, 15) is 14.7 Å². The summed E-state index contributed by atoms with van der Waals surface area (Å²) in [6, 6.07) is 21.8. The third kappa shape index (κ3) is 3.33. The van der Waals surface area contributed by atoms with Crippen LogP contribution in [0.5, 0.6) is 0 Å². The maximum atomic E-state index is 13.4. The van der Waals surface area contributed by atoms with Gasteiger partial charge in [0, 0.05) is 41.0 Å². The van der Waals surface area contributed by atoms with Crippen molar-refractivity contribution in [2.75, 3.05) is 4.90 Å². The van der Waals surface area contributed by atoms with Crippen molar-refractivity contribution in [2.45, 2.75) is 19.9 Å². The number of aromatic nitrogens is 1. The lowest BCUT2D eigenvalue weighted by atomic mass is 9.94. The van der Waals surface area contributed by atoms with Gasteiger partial charge in [0.15, 0.2) is 0 Å². The molecule has 0 saturated carbocycles. The monoisotopic (exact) mass is 436 g/mol. The highest BCUT2D eigenvalue weighted by Crippen LogP contribution is 2.44. The standard InChI is InChI=1S/C28H24N2O3/c1-17-13-18(2)15-20(14-17)30-25(22-16-29(3)23-12-8-7-11-21(22)23)24(27(32)28(30)33)26(31)19-9-5-4-6-10-19/h4-16,25,31H,1-3H3/b26-24+. The third-order valence-electron chi connectivity index (χ3n) is 6.20. The molecule has 0 aliphatic carbocycles. The SMILES string of the molecule is Cc1cc(C)cc(N2C(=O)C(=O)/C(=C(/O)c3ccccc3)C2c2cn(C)c3ccccc23)c1. The molecule has 1 fully saturated rings. The number of amides is 1. The molecule has 1 aliphatic rings. The molecule has 1 N–H and O–H groups in total. The number of aliphatic hydroxyl groups excluding tert-OH is 1. The van der Waals surface area contributed by atoms with Crippen LogP contribution in [0.1, 0.15) is 28.3 Å². The molecule has 3 aromatic carbocycles. The van der Waals surface area contributed by atoms with E-state index >= 15 is 0 Å². The predicted octanol–water partition coefficient (Wildman–Crippen LogP) is 5.42. The Morgan fingerprint density at radius 3 is 2.21 bits per heavy atom. The van der Waals surface area contributed by atoms with E-state index in [-0.39, 0.29) is 11.3 Å². The van der Waals surface area contributed by atoms with Crippen LogP contribution in [0.15, 0.2) is 84.6 Å². The van der Waals surface area contributed by atoms with Gasteiger partial charge in [0.2, 0.25) is 0 Å². The number of carbonyl (C=O) groups is 2. The van der Waals surface area contributed by atoms with Crippen molar-refractivity contribution < 1.29 is 14.7 Å². The van der Waals surface area contributed by atoms with Crippen LogP contribution in [-0.4, -0.2) is 21.4 Å². The maximum Gasteiger partial charge on any atom is 0.300 e. The largest absolute Gasteiger partial charge is 0.507 e. The van der Waals surface area contributed by atoms with Crippen LogP contribution in [0.2, 0.25) is 0 Å². The fourth-order valence-corrected chi connectivity index (χ4v) is 4.83. The summed E-state index contributed by atoms with van der Waals surface area (Å²) in [6.45, 7) is 3.92. The molecule has 2 heterocycles. The molecular formula is C28H24N2O3. The topological polar surface area (TPSA) is 62.5 Å². The number of ketones is 1. The lowest BCUT2D eigenvalue weighted by Crippen LogP contribution is -2.29. The average Bonchev–Trinajstić information content (AvgIpc) is 3.27. The summed E-state index contributed by atoms with van der Waals surface area (Å²) >= 11 is 0. The first kappa shape index (κ1) is 20.8. The fourth-order valence-electron chi connectivity index (χ4n) is 4.83. The van der Waals surface area contributed by atoms with Gasteiger partial charge < -0.3 is 9.67 Å². The van der Waals surface area contributed by atoms with Gasteiger partial charge in [-0.1, -0.05) is 54.6 Å². The third-order valence-corrected chi connectivity index (χ3v) is 6.20. The Morgan fingerprint density at radius 1 is 0.879 bits per heavy atom. The van der Waals surface area contributed by atoms with Gasteiger partial charge in [-0.25, -0.2) is 0 Å². The highest BCUT2D eigenvalue weighted by atomic mass is 16.3. The molecule has 33 heavy (non-hydrogen) atoms.